The monoisotopic (exact) mass is 254 g/mol. The van der Waals surface area contributed by atoms with Gasteiger partial charge in [0.15, 0.2) is 0 Å². The molecular weight excluding hydrogens is 240 g/mol. The number of nitrogen functional groups attached to an aromatic ring is 1. The number of benzene rings is 2. The number of hydrogen-bond donors (Lipinski definition) is 1. The third kappa shape index (κ3) is 1.60. The lowest BCUT2D eigenvalue weighted by Crippen LogP contribution is -2.40. The Labute approximate surface area is 110 Å². The molecule has 0 spiro atoms. The van der Waals surface area contributed by atoms with E-state index in [0.29, 0.717) is 23.4 Å². The molecule has 4 heteroatoms. The van der Waals surface area contributed by atoms with Crippen LogP contribution in [-0.2, 0) is 0 Å². The van der Waals surface area contributed by atoms with Crippen LogP contribution in [0.5, 0.6) is 0 Å². The van der Waals surface area contributed by atoms with Gasteiger partial charge in [-0.1, -0.05) is 19.1 Å². The van der Waals surface area contributed by atoms with Gasteiger partial charge in [0.05, 0.1) is 5.56 Å². The molecule has 0 atom stereocenters. The normalized spacial score (nSPS) is 14.3. The van der Waals surface area contributed by atoms with Crippen LogP contribution >= 0.6 is 0 Å². The Morgan fingerprint density at radius 2 is 1.84 bits per heavy atom. The fourth-order valence-electron chi connectivity index (χ4n) is 2.61. The number of carbonyl (C=O) groups is 2. The Kier molecular flexibility index (Phi) is 2.52. The van der Waals surface area contributed by atoms with Crippen LogP contribution in [0.4, 0.5) is 5.69 Å². The number of hydrogen-bond acceptors (Lipinski definition) is 3. The van der Waals surface area contributed by atoms with E-state index < -0.39 is 0 Å². The van der Waals surface area contributed by atoms with E-state index in [1.54, 1.807) is 18.2 Å². The van der Waals surface area contributed by atoms with Gasteiger partial charge in [0.2, 0.25) is 0 Å². The van der Waals surface area contributed by atoms with E-state index >= 15 is 0 Å². The van der Waals surface area contributed by atoms with Gasteiger partial charge in [-0.2, -0.15) is 0 Å². The first-order valence-electron chi connectivity index (χ1n) is 6.32. The molecule has 0 saturated heterocycles. The largest absolute Gasteiger partial charge is 0.399 e. The smallest absolute Gasteiger partial charge is 0.261 e. The maximum atomic E-state index is 12.4. The maximum absolute atomic E-state index is 12.4. The summed E-state index contributed by atoms with van der Waals surface area (Å²) in [5.74, 6) is -0.461. The van der Waals surface area contributed by atoms with Crippen LogP contribution in [0.25, 0.3) is 10.8 Å². The Bertz CT molecular complexity index is 707. The molecule has 2 aromatic carbocycles. The molecule has 3 rings (SSSR count). The highest BCUT2D eigenvalue weighted by atomic mass is 16.2. The van der Waals surface area contributed by atoms with Gasteiger partial charge in [-0.25, -0.2) is 0 Å². The van der Waals surface area contributed by atoms with Crippen molar-refractivity contribution in [1.29, 1.82) is 0 Å². The molecule has 0 aromatic heterocycles. The van der Waals surface area contributed by atoms with E-state index in [1.165, 1.54) is 4.90 Å². The van der Waals surface area contributed by atoms with Crippen LogP contribution in [-0.4, -0.2) is 23.3 Å². The van der Waals surface area contributed by atoms with E-state index in [-0.39, 0.29) is 11.8 Å². The van der Waals surface area contributed by atoms with Gasteiger partial charge in [-0.3, -0.25) is 14.5 Å². The highest BCUT2D eigenvalue weighted by Gasteiger charge is 2.32. The number of nitrogens with zero attached hydrogens (tertiary/aromatic N) is 1. The van der Waals surface area contributed by atoms with Crippen LogP contribution < -0.4 is 5.73 Å². The Hall–Kier alpha value is -2.36. The van der Waals surface area contributed by atoms with Crippen molar-refractivity contribution in [1.82, 2.24) is 4.90 Å². The predicted molar refractivity (Wildman–Crippen MR) is 74.0 cm³/mol. The van der Waals surface area contributed by atoms with Crippen LogP contribution in [0, 0.1) is 0 Å². The molecule has 0 radical (unpaired) electrons. The van der Waals surface area contributed by atoms with Gasteiger partial charge in [-0.15, -0.1) is 0 Å². The van der Waals surface area contributed by atoms with Gasteiger partial charge in [0.25, 0.3) is 11.8 Å². The zero-order valence-corrected chi connectivity index (χ0v) is 10.6. The maximum Gasteiger partial charge on any atom is 0.261 e. The van der Waals surface area contributed by atoms with Crippen molar-refractivity contribution in [2.45, 2.75) is 13.3 Å². The minimum Gasteiger partial charge on any atom is -0.399 e. The minimum atomic E-state index is -0.247. The summed E-state index contributed by atoms with van der Waals surface area (Å²) in [4.78, 5) is 26.1. The number of carbonyl (C=O) groups excluding carboxylic acids is 2. The molecule has 2 N–H and O–H groups in total. The second kappa shape index (κ2) is 4.09. The second-order valence-corrected chi connectivity index (χ2v) is 4.73. The molecule has 0 unspecified atom stereocenters. The van der Waals surface area contributed by atoms with E-state index in [1.807, 2.05) is 19.1 Å². The van der Waals surface area contributed by atoms with E-state index in [4.69, 9.17) is 5.73 Å². The van der Waals surface area contributed by atoms with Gasteiger partial charge in [-0.05, 0) is 30.0 Å². The molecule has 0 fully saturated rings. The van der Waals surface area contributed by atoms with Gasteiger partial charge in [0.1, 0.15) is 0 Å². The summed E-state index contributed by atoms with van der Waals surface area (Å²) in [5.41, 5.74) is 7.49. The van der Waals surface area contributed by atoms with E-state index in [9.17, 15) is 9.59 Å². The molecule has 1 aliphatic rings. The Morgan fingerprint density at radius 3 is 2.58 bits per heavy atom. The van der Waals surface area contributed by atoms with Crippen LogP contribution in [0.2, 0.25) is 0 Å². The van der Waals surface area contributed by atoms with Crippen molar-refractivity contribution in [3.63, 3.8) is 0 Å². The molecule has 2 aromatic rings. The SMILES string of the molecule is CCCN1C(=O)c2cccc3cc(N)cc(c23)C1=O. The molecule has 19 heavy (non-hydrogen) atoms. The van der Waals surface area contributed by atoms with Crippen molar-refractivity contribution in [3.05, 3.63) is 41.5 Å². The first-order chi connectivity index (χ1) is 9.13. The average Bonchev–Trinajstić information content (AvgIpc) is 2.40. The average molecular weight is 254 g/mol. The number of anilines is 1. The molecule has 1 aliphatic heterocycles. The molecule has 0 saturated carbocycles. The fourth-order valence-corrected chi connectivity index (χ4v) is 2.61. The van der Waals surface area contributed by atoms with E-state index in [2.05, 4.69) is 0 Å². The molecule has 0 bridgehead atoms. The quantitative estimate of drug-likeness (QED) is 0.661. The van der Waals surface area contributed by atoms with Gasteiger partial charge >= 0.3 is 0 Å². The summed E-state index contributed by atoms with van der Waals surface area (Å²) in [6.45, 7) is 2.37. The first-order valence-corrected chi connectivity index (χ1v) is 6.32. The molecule has 4 nitrogen and oxygen atoms in total. The highest BCUT2D eigenvalue weighted by molar-refractivity contribution is 6.25. The van der Waals surface area contributed by atoms with Crippen molar-refractivity contribution in [2.75, 3.05) is 12.3 Å². The number of nitrogens with two attached hydrogens (primary N) is 1. The third-order valence-corrected chi connectivity index (χ3v) is 3.40. The first kappa shape index (κ1) is 11.7. The predicted octanol–water partition coefficient (Wildman–Crippen LogP) is 2.43. The summed E-state index contributed by atoms with van der Waals surface area (Å²) in [6.07, 6.45) is 0.741. The van der Waals surface area contributed by atoms with Crippen LogP contribution in [0.15, 0.2) is 30.3 Å². The van der Waals surface area contributed by atoms with Crippen LogP contribution in [0.1, 0.15) is 34.1 Å². The number of rotatable bonds is 2. The zero-order chi connectivity index (χ0) is 13.6. The number of amides is 2. The standard InChI is InChI=1S/C15H14N2O2/c1-2-6-17-14(18)11-5-3-4-9-7-10(16)8-12(13(9)11)15(17)19/h3-5,7-8H,2,6,16H2,1H3. The lowest BCUT2D eigenvalue weighted by Gasteiger charge is -2.27. The second-order valence-electron chi connectivity index (χ2n) is 4.73. The molecule has 1 heterocycles. The molecule has 2 amide bonds. The third-order valence-electron chi connectivity index (χ3n) is 3.40. The number of imide groups is 1. The van der Waals surface area contributed by atoms with Crippen molar-refractivity contribution >= 4 is 28.3 Å². The highest BCUT2D eigenvalue weighted by Crippen LogP contribution is 2.31. The lowest BCUT2D eigenvalue weighted by atomic mass is 9.93. The summed E-state index contributed by atoms with van der Waals surface area (Å²) < 4.78 is 0. The lowest BCUT2D eigenvalue weighted by molar-refractivity contribution is 0.0611. The fraction of sp³-hybridized carbons (Fsp3) is 0.200. The Morgan fingerprint density at radius 1 is 1.11 bits per heavy atom. The van der Waals surface area contributed by atoms with Crippen molar-refractivity contribution < 1.29 is 9.59 Å². The summed E-state index contributed by atoms with van der Waals surface area (Å²) >= 11 is 0. The Balaban J connectivity index is 2.35. The van der Waals surface area contributed by atoms with Crippen molar-refractivity contribution in [2.24, 2.45) is 0 Å². The van der Waals surface area contributed by atoms with Crippen LogP contribution in [0.3, 0.4) is 0 Å². The molecular formula is C15H14N2O2. The summed E-state index contributed by atoms with van der Waals surface area (Å²) in [6, 6.07) is 8.90. The minimum absolute atomic E-state index is 0.213. The molecule has 96 valence electrons. The zero-order valence-electron chi connectivity index (χ0n) is 10.6. The summed E-state index contributed by atoms with van der Waals surface area (Å²) in [5, 5.41) is 1.56. The van der Waals surface area contributed by atoms with Gasteiger partial charge in [0, 0.05) is 23.2 Å². The summed E-state index contributed by atoms with van der Waals surface area (Å²) in [7, 11) is 0. The van der Waals surface area contributed by atoms with Gasteiger partial charge < -0.3 is 5.73 Å². The van der Waals surface area contributed by atoms with E-state index in [0.717, 1.165) is 17.2 Å². The topological polar surface area (TPSA) is 63.4 Å². The molecule has 0 aliphatic carbocycles. The van der Waals surface area contributed by atoms with Crippen molar-refractivity contribution in [3.8, 4) is 0 Å².